The van der Waals surface area contributed by atoms with Gasteiger partial charge in [-0.3, -0.25) is 9.59 Å². The Morgan fingerprint density at radius 1 is 0.719 bits per heavy atom. The first-order valence-corrected chi connectivity index (χ1v) is 11.1. The Balaban J connectivity index is 1.79. The Hall–Kier alpha value is -3.66. The summed E-state index contributed by atoms with van der Waals surface area (Å²) in [7, 11) is 0. The molecule has 0 spiro atoms. The van der Waals surface area contributed by atoms with Crippen molar-refractivity contribution in [1.82, 2.24) is 0 Å². The lowest BCUT2D eigenvalue weighted by Gasteiger charge is -2.16. The third-order valence-corrected chi connectivity index (χ3v) is 6.11. The molecule has 32 heavy (non-hydrogen) atoms. The molecule has 0 aliphatic carbocycles. The van der Waals surface area contributed by atoms with E-state index in [1.54, 1.807) is 0 Å². The SMILES string of the molecule is CCc1ccc(NC2=C(c3ccc(C)c(C)c3)C(=O)N(c3ccc(CC)cc3)C2=O)cc1. The summed E-state index contributed by atoms with van der Waals surface area (Å²) < 4.78 is 0. The number of anilines is 2. The smallest absolute Gasteiger partial charge is 0.282 e. The Morgan fingerprint density at radius 2 is 1.31 bits per heavy atom. The number of rotatable bonds is 6. The molecule has 0 radical (unpaired) electrons. The number of benzene rings is 3. The van der Waals surface area contributed by atoms with E-state index < -0.39 is 0 Å². The normalized spacial score (nSPS) is 13.8. The van der Waals surface area contributed by atoms with E-state index in [1.807, 2.05) is 80.6 Å². The van der Waals surface area contributed by atoms with Gasteiger partial charge in [-0.1, -0.05) is 56.3 Å². The van der Waals surface area contributed by atoms with Gasteiger partial charge in [0.15, 0.2) is 0 Å². The number of aryl methyl sites for hydroxylation is 4. The fraction of sp³-hybridized carbons (Fsp3) is 0.214. The second kappa shape index (κ2) is 8.83. The number of hydrogen-bond acceptors (Lipinski definition) is 3. The predicted molar refractivity (Wildman–Crippen MR) is 131 cm³/mol. The van der Waals surface area contributed by atoms with Gasteiger partial charge in [0.05, 0.1) is 11.3 Å². The maximum absolute atomic E-state index is 13.6. The monoisotopic (exact) mass is 424 g/mol. The zero-order chi connectivity index (χ0) is 22.8. The first-order chi connectivity index (χ1) is 15.4. The zero-order valence-corrected chi connectivity index (χ0v) is 19.0. The molecule has 2 amide bonds. The first-order valence-electron chi connectivity index (χ1n) is 11.1. The highest BCUT2D eigenvalue weighted by Gasteiger charge is 2.40. The fourth-order valence-electron chi connectivity index (χ4n) is 3.89. The van der Waals surface area contributed by atoms with E-state index in [-0.39, 0.29) is 11.8 Å². The van der Waals surface area contributed by atoms with Crippen molar-refractivity contribution in [2.24, 2.45) is 0 Å². The molecule has 0 bridgehead atoms. The fourth-order valence-corrected chi connectivity index (χ4v) is 3.89. The molecule has 0 atom stereocenters. The molecule has 1 aliphatic heterocycles. The Morgan fingerprint density at radius 3 is 1.88 bits per heavy atom. The van der Waals surface area contributed by atoms with Crippen LogP contribution in [0.2, 0.25) is 0 Å². The van der Waals surface area contributed by atoms with Crippen LogP contribution < -0.4 is 10.2 Å². The van der Waals surface area contributed by atoms with Gasteiger partial charge < -0.3 is 5.32 Å². The summed E-state index contributed by atoms with van der Waals surface area (Å²) >= 11 is 0. The molecule has 1 aliphatic rings. The van der Waals surface area contributed by atoms with Gasteiger partial charge in [0.1, 0.15) is 5.70 Å². The topological polar surface area (TPSA) is 49.4 Å². The molecule has 0 saturated carbocycles. The number of nitrogens with zero attached hydrogens (tertiary/aromatic N) is 1. The average Bonchev–Trinajstić information content (AvgIpc) is 3.05. The van der Waals surface area contributed by atoms with Crippen LogP contribution in [0.15, 0.2) is 72.4 Å². The van der Waals surface area contributed by atoms with Gasteiger partial charge in [-0.15, -0.1) is 0 Å². The summed E-state index contributed by atoms with van der Waals surface area (Å²) in [6.07, 6.45) is 1.84. The molecule has 0 saturated heterocycles. The van der Waals surface area contributed by atoms with Crippen LogP contribution in [-0.2, 0) is 22.4 Å². The highest BCUT2D eigenvalue weighted by molar-refractivity contribution is 6.46. The number of hydrogen-bond donors (Lipinski definition) is 1. The predicted octanol–water partition coefficient (Wildman–Crippen LogP) is 5.82. The van der Waals surface area contributed by atoms with Crippen molar-refractivity contribution < 1.29 is 9.59 Å². The zero-order valence-electron chi connectivity index (χ0n) is 19.0. The van der Waals surface area contributed by atoms with Crippen LogP contribution >= 0.6 is 0 Å². The van der Waals surface area contributed by atoms with Gasteiger partial charge in [0.25, 0.3) is 11.8 Å². The maximum atomic E-state index is 13.6. The lowest BCUT2D eigenvalue weighted by Crippen LogP contribution is -2.32. The van der Waals surface area contributed by atoms with Gasteiger partial charge in [-0.2, -0.15) is 0 Å². The van der Waals surface area contributed by atoms with Crippen molar-refractivity contribution in [3.63, 3.8) is 0 Å². The van der Waals surface area contributed by atoms with Crippen LogP contribution in [0.3, 0.4) is 0 Å². The Labute approximate surface area is 189 Å². The van der Waals surface area contributed by atoms with Gasteiger partial charge >= 0.3 is 0 Å². The second-order valence-corrected chi connectivity index (χ2v) is 8.19. The van der Waals surface area contributed by atoms with E-state index in [0.717, 1.165) is 40.8 Å². The minimum Gasteiger partial charge on any atom is -0.350 e. The van der Waals surface area contributed by atoms with Crippen LogP contribution in [0.5, 0.6) is 0 Å². The summed E-state index contributed by atoms with van der Waals surface area (Å²) in [5.41, 5.74) is 7.40. The summed E-state index contributed by atoms with van der Waals surface area (Å²) in [6.45, 7) is 8.22. The third kappa shape index (κ3) is 3.96. The standard InChI is InChI=1S/C28H28N2O2/c1-5-20-8-13-23(14-9-20)29-26-25(22-12-7-18(3)19(4)17-22)27(31)30(28(26)32)24-15-10-21(6-2)11-16-24/h7-17,29H,5-6H2,1-4H3. The van der Waals surface area contributed by atoms with Crippen LogP contribution in [-0.4, -0.2) is 11.8 Å². The van der Waals surface area contributed by atoms with E-state index in [9.17, 15) is 9.59 Å². The summed E-state index contributed by atoms with van der Waals surface area (Å²) in [6, 6.07) is 21.4. The Kier molecular flexibility index (Phi) is 5.95. The molecule has 4 nitrogen and oxygen atoms in total. The van der Waals surface area contributed by atoms with Crippen molar-refractivity contribution in [1.29, 1.82) is 0 Å². The molecule has 0 aromatic heterocycles. The Bertz CT molecular complexity index is 1210. The molecule has 0 fully saturated rings. The molecule has 3 aromatic rings. The molecule has 1 heterocycles. The number of nitrogens with one attached hydrogen (secondary N) is 1. The molecule has 0 unspecified atom stereocenters. The molecule has 162 valence electrons. The molecule has 4 heteroatoms. The number of amides is 2. The quantitative estimate of drug-likeness (QED) is 0.507. The minimum atomic E-state index is -0.341. The van der Waals surface area contributed by atoms with E-state index in [0.29, 0.717) is 17.0 Å². The summed E-state index contributed by atoms with van der Waals surface area (Å²) in [4.78, 5) is 28.4. The van der Waals surface area contributed by atoms with Crippen LogP contribution in [0.25, 0.3) is 5.57 Å². The molecular formula is C28H28N2O2. The summed E-state index contributed by atoms with van der Waals surface area (Å²) in [5.74, 6) is -0.651. The maximum Gasteiger partial charge on any atom is 0.282 e. The van der Waals surface area contributed by atoms with Crippen molar-refractivity contribution in [2.45, 2.75) is 40.5 Å². The lowest BCUT2D eigenvalue weighted by atomic mass is 9.99. The molecular weight excluding hydrogens is 396 g/mol. The first kappa shape index (κ1) is 21.6. The number of carbonyl (C=O) groups is 2. The molecule has 4 rings (SSSR count). The lowest BCUT2D eigenvalue weighted by molar-refractivity contribution is -0.120. The van der Waals surface area contributed by atoms with Crippen molar-refractivity contribution in [2.75, 3.05) is 10.2 Å². The highest BCUT2D eigenvalue weighted by Crippen LogP contribution is 2.34. The van der Waals surface area contributed by atoms with E-state index >= 15 is 0 Å². The van der Waals surface area contributed by atoms with E-state index in [4.69, 9.17) is 0 Å². The third-order valence-electron chi connectivity index (χ3n) is 6.11. The van der Waals surface area contributed by atoms with Gasteiger partial charge in [-0.25, -0.2) is 4.90 Å². The largest absolute Gasteiger partial charge is 0.350 e. The van der Waals surface area contributed by atoms with Gasteiger partial charge in [0, 0.05) is 5.69 Å². The van der Waals surface area contributed by atoms with Crippen LogP contribution in [0, 0.1) is 13.8 Å². The molecule has 3 aromatic carbocycles. The van der Waals surface area contributed by atoms with Crippen molar-refractivity contribution in [3.05, 3.63) is 100 Å². The second-order valence-electron chi connectivity index (χ2n) is 8.19. The molecule has 1 N–H and O–H groups in total. The van der Waals surface area contributed by atoms with Gasteiger partial charge in [0.2, 0.25) is 0 Å². The number of carbonyl (C=O) groups excluding carboxylic acids is 2. The van der Waals surface area contributed by atoms with E-state index in [1.165, 1.54) is 10.5 Å². The average molecular weight is 425 g/mol. The summed E-state index contributed by atoms with van der Waals surface area (Å²) in [5, 5.41) is 3.24. The van der Waals surface area contributed by atoms with Crippen LogP contribution in [0.4, 0.5) is 11.4 Å². The van der Waals surface area contributed by atoms with E-state index in [2.05, 4.69) is 19.2 Å². The highest BCUT2D eigenvalue weighted by atomic mass is 16.2. The van der Waals surface area contributed by atoms with Crippen molar-refractivity contribution >= 4 is 28.8 Å². The number of imide groups is 1. The van der Waals surface area contributed by atoms with Crippen LogP contribution in [0.1, 0.15) is 41.7 Å². The van der Waals surface area contributed by atoms with Gasteiger partial charge in [-0.05, 0) is 78.8 Å². The minimum absolute atomic E-state index is 0.307. The van der Waals surface area contributed by atoms with Crippen molar-refractivity contribution in [3.8, 4) is 0 Å².